The van der Waals surface area contributed by atoms with Crippen molar-refractivity contribution in [3.63, 3.8) is 0 Å². The summed E-state index contributed by atoms with van der Waals surface area (Å²) in [5.41, 5.74) is -0.247. The summed E-state index contributed by atoms with van der Waals surface area (Å²) in [4.78, 5) is 3.71. The fourth-order valence-corrected chi connectivity index (χ4v) is 1.88. The molecule has 1 rings (SSSR count). The van der Waals surface area contributed by atoms with Gasteiger partial charge in [-0.25, -0.2) is 13.8 Å². The van der Waals surface area contributed by atoms with Crippen molar-refractivity contribution in [2.75, 3.05) is 0 Å². The van der Waals surface area contributed by atoms with Gasteiger partial charge in [0.05, 0.1) is 14.2 Å². The van der Waals surface area contributed by atoms with Crippen molar-refractivity contribution < 1.29 is 8.78 Å². The van der Waals surface area contributed by atoms with E-state index < -0.39 is 6.43 Å². The molecule has 66 valence electrons. The molecule has 12 heavy (non-hydrogen) atoms. The van der Waals surface area contributed by atoms with E-state index in [2.05, 4.69) is 20.9 Å². The Morgan fingerprint density at radius 3 is 2.58 bits per heavy atom. The molecule has 0 amide bonds. The zero-order valence-electron chi connectivity index (χ0n) is 5.49. The lowest BCUT2D eigenvalue weighted by Gasteiger charge is -2.05. The highest BCUT2D eigenvalue weighted by Gasteiger charge is 2.18. The third kappa shape index (κ3) is 2.05. The molecule has 1 aromatic heterocycles. The maximum absolute atomic E-state index is 12.3. The molecule has 0 spiro atoms. The average Bonchev–Trinajstić information content (AvgIpc) is 1.97. The van der Waals surface area contributed by atoms with Crippen LogP contribution in [0.3, 0.4) is 0 Å². The molecule has 0 aliphatic heterocycles. The van der Waals surface area contributed by atoms with Crippen LogP contribution in [-0.2, 0) is 0 Å². The Hall–Kier alpha value is 0.510. The van der Waals surface area contributed by atoms with Crippen LogP contribution in [0.4, 0.5) is 8.78 Å². The first kappa shape index (κ1) is 10.6. The number of halogens is 5. The van der Waals surface area contributed by atoms with Gasteiger partial charge in [0.2, 0.25) is 0 Å². The molecule has 0 atom stereocenters. The molecule has 1 nitrogen and oxygen atoms in total. The zero-order valence-corrected chi connectivity index (χ0v) is 9.99. The van der Waals surface area contributed by atoms with Crippen molar-refractivity contribution in [1.29, 1.82) is 0 Å². The highest BCUT2D eigenvalue weighted by molar-refractivity contribution is 14.1. The summed E-state index contributed by atoms with van der Waals surface area (Å²) in [5, 5.41) is 0.0625. The molecule has 1 aromatic rings. The first-order chi connectivity index (χ1) is 5.54. The second-order valence-corrected chi connectivity index (χ2v) is 4.22. The van der Waals surface area contributed by atoms with Crippen LogP contribution in [0.15, 0.2) is 10.8 Å². The van der Waals surface area contributed by atoms with Gasteiger partial charge >= 0.3 is 0 Å². The van der Waals surface area contributed by atoms with Gasteiger partial charge in [0, 0.05) is 6.20 Å². The molecule has 0 fully saturated rings. The van der Waals surface area contributed by atoms with Crippen molar-refractivity contribution in [3.8, 4) is 0 Å². The second-order valence-electron chi connectivity index (χ2n) is 1.93. The Balaban J connectivity index is 3.33. The fourth-order valence-electron chi connectivity index (χ4n) is 0.645. The predicted molar refractivity (Wildman–Crippen MR) is 54.6 cm³/mol. The van der Waals surface area contributed by atoms with Gasteiger partial charge in [-0.3, -0.25) is 0 Å². The monoisotopic (exact) mass is 367 g/mol. The topological polar surface area (TPSA) is 12.9 Å². The summed E-state index contributed by atoms with van der Waals surface area (Å²) >= 11 is 10.4. The molecule has 0 N–H and O–H groups in total. The molecule has 1 heterocycles. The number of hydrogen-bond acceptors (Lipinski definition) is 1. The van der Waals surface area contributed by atoms with Gasteiger partial charge in [-0.15, -0.1) is 0 Å². The lowest BCUT2D eigenvalue weighted by Crippen LogP contribution is -1.93. The van der Waals surface area contributed by atoms with Gasteiger partial charge in [0.1, 0.15) is 4.60 Å². The maximum Gasteiger partial charge on any atom is 0.267 e. The smallest absolute Gasteiger partial charge is 0.248 e. The number of pyridine rings is 1. The van der Waals surface area contributed by atoms with Crippen LogP contribution >= 0.6 is 50.1 Å². The lowest BCUT2D eigenvalue weighted by molar-refractivity contribution is 0.150. The van der Waals surface area contributed by atoms with Crippen LogP contribution in [0.5, 0.6) is 0 Å². The van der Waals surface area contributed by atoms with Crippen LogP contribution in [0.1, 0.15) is 12.0 Å². The van der Waals surface area contributed by atoms with Crippen molar-refractivity contribution >= 4 is 50.1 Å². The Kier molecular flexibility index (Phi) is 3.66. The molecule has 0 bridgehead atoms. The fraction of sp³-hybridized carbons (Fsp3) is 0.167. The largest absolute Gasteiger partial charge is 0.267 e. The van der Waals surface area contributed by atoms with Gasteiger partial charge in [-0.2, -0.15) is 0 Å². The van der Waals surface area contributed by atoms with E-state index >= 15 is 0 Å². The Morgan fingerprint density at radius 1 is 1.58 bits per heavy atom. The van der Waals surface area contributed by atoms with Crippen molar-refractivity contribution in [3.05, 3.63) is 25.0 Å². The van der Waals surface area contributed by atoms with Crippen molar-refractivity contribution in [2.45, 2.75) is 6.43 Å². The molecular weight excluding hydrogens is 366 g/mol. The predicted octanol–water partition coefficient (Wildman–Crippen LogP) is 4.04. The molecule has 0 radical (unpaired) electrons. The first-order valence-corrected chi connectivity index (χ1v) is 5.06. The van der Waals surface area contributed by atoms with E-state index in [9.17, 15) is 8.78 Å². The van der Waals surface area contributed by atoms with E-state index in [-0.39, 0.29) is 15.2 Å². The quantitative estimate of drug-likeness (QED) is 0.539. The standard InChI is InChI=1S/C6H2BrClF2IN/c7-5-3(6(9)10)4(8)2(11)1-12-5/h1,6H. The SMILES string of the molecule is FC(F)c1c(Br)ncc(I)c1Cl. The lowest BCUT2D eigenvalue weighted by atomic mass is 10.3. The summed E-state index contributed by atoms with van der Waals surface area (Å²) < 4.78 is 25.2. The first-order valence-electron chi connectivity index (χ1n) is 2.81. The summed E-state index contributed by atoms with van der Waals surface area (Å²) in [6.45, 7) is 0. The zero-order chi connectivity index (χ0) is 9.30. The van der Waals surface area contributed by atoms with Crippen molar-refractivity contribution in [2.24, 2.45) is 0 Å². The molecular formula is C6H2BrClF2IN. The highest BCUT2D eigenvalue weighted by Crippen LogP contribution is 2.34. The Morgan fingerprint density at radius 2 is 2.17 bits per heavy atom. The minimum Gasteiger partial charge on any atom is -0.248 e. The third-order valence-electron chi connectivity index (χ3n) is 1.18. The van der Waals surface area contributed by atoms with E-state index in [1.807, 2.05) is 22.6 Å². The molecule has 0 saturated carbocycles. The molecule has 0 unspecified atom stereocenters. The minimum absolute atomic E-state index is 0.0625. The van der Waals surface area contributed by atoms with Gasteiger partial charge in [0.15, 0.2) is 0 Å². The maximum atomic E-state index is 12.3. The molecule has 0 aromatic carbocycles. The number of hydrogen-bond donors (Lipinski definition) is 0. The van der Waals surface area contributed by atoms with Crippen LogP contribution in [0.25, 0.3) is 0 Å². The number of rotatable bonds is 1. The van der Waals surface area contributed by atoms with Crippen LogP contribution < -0.4 is 0 Å². The highest BCUT2D eigenvalue weighted by atomic mass is 127. The van der Waals surface area contributed by atoms with E-state index in [4.69, 9.17) is 11.6 Å². The third-order valence-corrected chi connectivity index (χ3v) is 3.35. The van der Waals surface area contributed by atoms with Crippen molar-refractivity contribution in [1.82, 2.24) is 4.98 Å². The van der Waals surface area contributed by atoms with Gasteiger partial charge < -0.3 is 0 Å². The normalized spacial score (nSPS) is 10.8. The summed E-state index contributed by atoms with van der Waals surface area (Å²) in [7, 11) is 0. The van der Waals surface area contributed by atoms with Gasteiger partial charge in [-0.05, 0) is 38.5 Å². The van der Waals surface area contributed by atoms with Crippen LogP contribution in [-0.4, -0.2) is 4.98 Å². The molecule has 6 heteroatoms. The van der Waals surface area contributed by atoms with Crippen LogP contribution in [0, 0.1) is 3.57 Å². The summed E-state index contributed by atoms with van der Waals surface area (Å²) in [5.74, 6) is 0. The number of aromatic nitrogens is 1. The molecule has 0 saturated heterocycles. The minimum atomic E-state index is -2.60. The summed E-state index contributed by atoms with van der Waals surface area (Å²) in [6, 6.07) is 0. The van der Waals surface area contributed by atoms with Gasteiger partial charge in [-0.1, -0.05) is 11.6 Å². The Bertz CT molecular complexity index is 308. The Labute approximate surface area is 94.8 Å². The number of alkyl halides is 2. The van der Waals surface area contributed by atoms with E-state index in [1.165, 1.54) is 6.20 Å². The van der Waals surface area contributed by atoms with Gasteiger partial charge in [0.25, 0.3) is 6.43 Å². The molecule has 0 aliphatic rings. The van der Waals surface area contributed by atoms with E-state index in [0.717, 1.165) is 0 Å². The molecule has 0 aliphatic carbocycles. The van der Waals surface area contributed by atoms with E-state index in [0.29, 0.717) is 3.57 Å². The summed E-state index contributed by atoms with van der Waals surface area (Å²) in [6.07, 6.45) is -1.17. The van der Waals surface area contributed by atoms with Crippen LogP contribution in [0.2, 0.25) is 5.02 Å². The number of nitrogens with zero attached hydrogens (tertiary/aromatic N) is 1. The second kappa shape index (κ2) is 4.15. The average molecular weight is 368 g/mol. The van der Waals surface area contributed by atoms with E-state index in [1.54, 1.807) is 0 Å².